The monoisotopic (exact) mass is 808 g/mol. The van der Waals surface area contributed by atoms with Crippen molar-refractivity contribution in [3.05, 3.63) is 146 Å². The molecule has 0 unspecified atom stereocenters. The van der Waals surface area contributed by atoms with Gasteiger partial charge in [0.2, 0.25) is 0 Å². The van der Waals surface area contributed by atoms with Crippen LogP contribution in [0.4, 0.5) is 34.1 Å². The van der Waals surface area contributed by atoms with Gasteiger partial charge >= 0.3 is 0 Å². The number of azo groups is 3. The Morgan fingerprint density at radius 2 is 0.482 bits per heavy atom. The van der Waals surface area contributed by atoms with Crippen molar-refractivity contribution in [3.8, 4) is 23.0 Å². The van der Waals surface area contributed by atoms with E-state index in [1.807, 2.05) is 91.0 Å². The Bertz CT molecular complexity index is 2500. The van der Waals surface area contributed by atoms with Gasteiger partial charge in [0.05, 0.1) is 73.3 Å². The topological polar surface area (TPSA) is 155 Å². The summed E-state index contributed by atoms with van der Waals surface area (Å²) < 4.78 is 0. The minimum absolute atomic E-state index is 0.0410. The minimum atomic E-state index is -0.108. The van der Waals surface area contributed by atoms with E-state index < -0.39 is 0 Å². The van der Waals surface area contributed by atoms with Crippen LogP contribution < -0.4 is 0 Å². The van der Waals surface area contributed by atoms with Crippen molar-refractivity contribution in [1.82, 2.24) is 0 Å². The third kappa shape index (κ3) is 8.58. The standard InChI is InChI=1S/C42H28N6O4S4/c49-39-31-17-10-18-32(39)54-34-20-29(47-44-26-13-6-2-7-14-26)22-36(41(34)51)56-38-24-30(48-45-27-15-8-3-9-16-27)23-37(42(38)52)55-35-21-28(19-33(53-31)40(35)50)46-43-25-11-4-1-5-12-25/h1-24,49-52H. The van der Waals surface area contributed by atoms with Crippen LogP contribution in [0.15, 0.2) is 215 Å². The Hall–Kier alpha value is -6.06. The highest BCUT2D eigenvalue weighted by atomic mass is 32.2. The van der Waals surface area contributed by atoms with Crippen molar-refractivity contribution in [2.24, 2.45) is 30.7 Å². The summed E-state index contributed by atoms with van der Waals surface area (Å²) in [5.41, 5.74) is 3.22. The van der Waals surface area contributed by atoms with Gasteiger partial charge in [-0.3, -0.25) is 0 Å². The van der Waals surface area contributed by atoms with E-state index in [0.717, 1.165) is 47.0 Å². The van der Waals surface area contributed by atoms with Gasteiger partial charge in [0.1, 0.15) is 23.0 Å². The van der Waals surface area contributed by atoms with Gasteiger partial charge < -0.3 is 20.4 Å². The summed E-state index contributed by atoms with van der Waals surface area (Å²) in [5.74, 6) is -0.307. The summed E-state index contributed by atoms with van der Waals surface area (Å²) in [5, 5.41) is 73.7. The maximum Gasteiger partial charge on any atom is 0.143 e. The van der Waals surface area contributed by atoms with Crippen molar-refractivity contribution < 1.29 is 20.4 Å². The quantitative estimate of drug-likeness (QED) is 0.121. The molecule has 8 bridgehead atoms. The molecule has 14 heteroatoms. The number of fused-ring (bicyclic) bond motifs is 8. The van der Waals surface area contributed by atoms with Gasteiger partial charge in [-0.25, -0.2) is 0 Å². The maximum atomic E-state index is 11.9. The maximum absolute atomic E-state index is 11.9. The van der Waals surface area contributed by atoms with E-state index in [-0.39, 0.29) is 23.0 Å². The molecule has 8 rings (SSSR count). The molecule has 1 aliphatic rings. The zero-order valence-corrected chi connectivity index (χ0v) is 32.2. The van der Waals surface area contributed by atoms with Gasteiger partial charge in [0.25, 0.3) is 0 Å². The molecule has 0 aliphatic carbocycles. The van der Waals surface area contributed by atoms with E-state index in [1.165, 1.54) is 0 Å². The van der Waals surface area contributed by atoms with Crippen LogP contribution in [-0.2, 0) is 0 Å². The summed E-state index contributed by atoms with van der Waals surface area (Å²) >= 11 is 4.49. The average Bonchev–Trinajstić information content (AvgIpc) is 3.22. The molecule has 0 aromatic heterocycles. The first-order chi connectivity index (χ1) is 27.4. The number of nitrogens with zero attached hydrogens (tertiary/aromatic N) is 6. The molecule has 10 nitrogen and oxygen atoms in total. The van der Waals surface area contributed by atoms with Gasteiger partial charge in [0, 0.05) is 0 Å². The van der Waals surface area contributed by atoms with Gasteiger partial charge in [0.15, 0.2) is 0 Å². The Morgan fingerprint density at radius 3 is 0.768 bits per heavy atom. The van der Waals surface area contributed by atoms with Crippen LogP contribution in [0.1, 0.15) is 0 Å². The average molecular weight is 809 g/mol. The summed E-state index contributed by atoms with van der Waals surface area (Å²) in [4.78, 5) is 3.13. The number of phenols is 4. The van der Waals surface area contributed by atoms with Crippen LogP contribution in [0, 0.1) is 0 Å². The Kier molecular flexibility index (Phi) is 11.0. The zero-order chi connectivity index (χ0) is 38.4. The highest BCUT2D eigenvalue weighted by Crippen LogP contribution is 2.54. The Balaban J connectivity index is 1.30. The third-order valence-corrected chi connectivity index (χ3v) is 12.3. The third-order valence-electron chi connectivity index (χ3n) is 8.03. The van der Waals surface area contributed by atoms with Crippen LogP contribution in [0.2, 0.25) is 0 Å². The molecule has 1 aliphatic heterocycles. The lowest BCUT2D eigenvalue weighted by molar-refractivity contribution is 0.444. The molecule has 56 heavy (non-hydrogen) atoms. The van der Waals surface area contributed by atoms with Crippen molar-refractivity contribution in [1.29, 1.82) is 0 Å². The highest BCUT2D eigenvalue weighted by Gasteiger charge is 2.23. The lowest BCUT2D eigenvalue weighted by Gasteiger charge is -2.17. The van der Waals surface area contributed by atoms with Crippen LogP contribution in [0.25, 0.3) is 0 Å². The first-order valence-corrected chi connectivity index (χ1v) is 20.2. The Morgan fingerprint density at radius 1 is 0.250 bits per heavy atom. The van der Waals surface area contributed by atoms with Crippen LogP contribution in [-0.4, -0.2) is 20.4 Å². The van der Waals surface area contributed by atoms with Gasteiger partial charge in [-0.2, -0.15) is 30.7 Å². The molecular weight excluding hydrogens is 781 g/mol. The fraction of sp³-hybridized carbons (Fsp3) is 0. The van der Waals surface area contributed by atoms with Gasteiger partial charge in [-0.15, -0.1) is 0 Å². The molecule has 7 aromatic carbocycles. The second-order valence-corrected chi connectivity index (χ2v) is 16.3. The number of rotatable bonds is 6. The molecule has 274 valence electrons. The summed E-state index contributed by atoms with van der Waals surface area (Å²) in [6.45, 7) is 0. The first-order valence-electron chi connectivity index (χ1n) is 16.9. The number of hydrogen-bond donors (Lipinski definition) is 4. The SMILES string of the molecule is Oc1c2cccc1Sc1cc(N=Nc3ccccc3)cc(c1O)Sc1cc(N=Nc3ccccc3)cc(c1O)Sc1cc(N=Nc3ccccc3)cc(c1O)S2. The van der Waals surface area contributed by atoms with Gasteiger partial charge in [-0.1, -0.05) is 108 Å². The van der Waals surface area contributed by atoms with Crippen LogP contribution >= 0.6 is 47.0 Å². The van der Waals surface area contributed by atoms with E-state index in [0.29, 0.717) is 73.3 Å². The number of phenolic OH excluding ortho intramolecular Hbond substituents is 4. The fourth-order valence-corrected chi connectivity index (χ4v) is 9.55. The van der Waals surface area contributed by atoms with Gasteiger partial charge in [-0.05, 0) is 84.9 Å². The lowest BCUT2D eigenvalue weighted by Crippen LogP contribution is -1.87. The largest absolute Gasteiger partial charge is 0.506 e. The molecule has 0 radical (unpaired) electrons. The Labute approximate surface area is 338 Å². The van der Waals surface area contributed by atoms with Crippen molar-refractivity contribution >= 4 is 81.2 Å². The number of hydrogen-bond acceptors (Lipinski definition) is 14. The molecule has 0 fully saturated rings. The molecule has 1 heterocycles. The van der Waals surface area contributed by atoms with Crippen LogP contribution in [0.3, 0.4) is 0 Å². The van der Waals surface area contributed by atoms with E-state index in [1.54, 1.807) is 54.6 Å². The van der Waals surface area contributed by atoms with E-state index in [4.69, 9.17) is 0 Å². The fourth-order valence-electron chi connectivity index (χ4n) is 5.32. The molecule has 0 atom stereocenters. The molecule has 0 amide bonds. The summed E-state index contributed by atoms with van der Waals surface area (Å²) in [6.07, 6.45) is 0. The molecule has 4 N–H and O–H groups in total. The van der Waals surface area contributed by atoms with E-state index in [2.05, 4.69) is 30.7 Å². The second-order valence-electron chi connectivity index (χ2n) is 12.0. The molecular formula is C42H28N6O4S4. The smallest absolute Gasteiger partial charge is 0.143 e. The van der Waals surface area contributed by atoms with E-state index in [9.17, 15) is 20.4 Å². The summed E-state index contributed by atoms with van der Waals surface area (Å²) in [7, 11) is 0. The highest BCUT2D eigenvalue weighted by molar-refractivity contribution is 8.01. The van der Waals surface area contributed by atoms with E-state index >= 15 is 0 Å². The number of para-hydroxylation sites is 1. The number of aromatic hydroxyl groups is 4. The second kappa shape index (κ2) is 16.8. The molecule has 0 saturated heterocycles. The van der Waals surface area contributed by atoms with Crippen molar-refractivity contribution in [2.45, 2.75) is 39.2 Å². The molecule has 0 spiro atoms. The predicted molar refractivity (Wildman–Crippen MR) is 221 cm³/mol. The molecule has 7 aromatic rings. The number of benzene rings is 7. The summed E-state index contributed by atoms with van der Waals surface area (Å²) in [6, 6.07) is 43.1. The zero-order valence-electron chi connectivity index (χ0n) is 29.0. The van der Waals surface area contributed by atoms with Crippen LogP contribution in [0.5, 0.6) is 23.0 Å². The van der Waals surface area contributed by atoms with Crippen molar-refractivity contribution in [2.75, 3.05) is 0 Å². The van der Waals surface area contributed by atoms with Crippen molar-refractivity contribution in [3.63, 3.8) is 0 Å². The first kappa shape index (κ1) is 36.9. The lowest BCUT2D eigenvalue weighted by atomic mass is 10.3. The predicted octanol–water partition coefficient (Wildman–Crippen LogP) is 14.7. The normalized spacial score (nSPS) is 12.8. The minimum Gasteiger partial charge on any atom is -0.506 e. The molecule has 0 saturated carbocycles.